The van der Waals surface area contributed by atoms with Crippen LogP contribution in [0.2, 0.25) is 4.47 Å². The zero-order valence-electron chi connectivity index (χ0n) is 11.6. The summed E-state index contributed by atoms with van der Waals surface area (Å²) in [5, 5.41) is 0. The molecular formula is C13H15ClN2O3S2. The van der Waals surface area contributed by atoms with E-state index in [1.54, 1.807) is 0 Å². The first-order valence-corrected chi connectivity index (χ1v) is 9.17. The Hall–Kier alpha value is -0.890. The Bertz CT molecular complexity index is 753. The molecule has 0 radical (unpaired) electrons. The van der Waals surface area contributed by atoms with Crippen molar-refractivity contribution in [3.63, 3.8) is 0 Å². The van der Waals surface area contributed by atoms with Gasteiger partial charge in [-0.25, -0.2) is 13.4 Å². The predicted octanol–water partition coefficient (Wildman–Crippen LogP) is 3.33. The van der Waals surface area contributed by atoms with Crippen LogP contribution in [0.15, 0.2) is 27.0 Å². The Labute approximate surface area is 132 Å². The molecule has 5 nitrogen and oxygen atoms in total. The average molecular weight is 347 g/mol. The van der Waals surface area contributed by atoms with Crippen LogP contribution in [-0.4, -0.2) is 24.8 Å². The molecule has 114 valence electrons. The monoisotopic (exact) mass is 346 g/mol. The van der Waals surface area contributed by atoms with Crippen molar-refractivity contribution in [3.8, 4) is 0 Å². The van der Waals surface area contributed by atoms with Gasteiger partial charge in [0.15, 0.2) is 8.68 Å². The van der Waals surface area contributed by atoms with Gasteiger partial charge in [0.05, 0.1) is 12.7 Å². The number of thiazole rings is 1. The lowest BCUT2D eigenvalue weighted by molar-refractivity contribution is 0.390. The second-order valence-electron chi connectivity index (χ2n) is 5.32. The highest BCUT2D eigenvalue weighted by molar-refractivity contribution is 7.91. The third-order valence-corrected chi connectivity index (χ3v) is 7.01. The highest BCUT2D eigenvalue weighted by Crippen LogP contribution is 2.47. The van der Waals surface area contributed by atoms with Crippen molar-refractivity contribution >= 4 is 33.0 Å². The van der Waals surface area contributed by atoms with Crippen LogP contribution in [0, 0.1) is 5.92 Å². The van der Waals surface area contributed by atoms with Gasteiger partial charge in [-0.2, -0.15) is 4.31 Å². The fraction of sp³-hybridized carbons (Fsp3) is 0.462. The van der Waals surface area contributed by atoms with Crippen LogP contribution in [0.4, 0.5) is 0 Å². The maximum absolute atomic E-state index is 12.4. The quantitative estimate of drug-likeness (QED) is 0.833. The largest absolute Gasteiger partial charge is 0.464 e. The molecule has 2 aromatic rings. The molecule has 3 rings (SSSR count). The molecule has 2 heterocycles. The standard InChI is InChI=1S/C13H15ClN2O3S2/c1-8-5-10(8)11-4-3-9(19-11)7-16(2)21(17,18)12-6-15-13(14)20-12/h3-4,6,8,10H,5,7H2,1-2H3. The molecule has 0 amide bonds. The van der Waals surface area contributed by atoms with Crippen LogP contribution in [0.5, 0.6) is 0 Å². The van der Waals surface area contributed by atoms with Crippen LogP contribution >= 0.6 is 22.9 Å². The number of hydrogen-bond acceptors (Lipinski definition) is 5. The maximum Gasteiger partial charge on any atom is 0.254 e. The van der Waals surface area contributed by atoms with E-state index >= 15 is 0 Å². The lowest BCUT2D eigenvalue weighted by Crippen LogP contribution is -2.25. The van der Waals surface area contributed by atoms with E-state index < -0.39 is 10.0 Å². The van der Waals surface area contributed by atoms with E-state index in [1.165, 1.54) is 17.5 Å². The van der Waals surface area contributed by atoms with Gasteiger partial charge in [-0.15, -0.1) is 0 Å². The fourth-order valence-electron chi connectivity index (χ4n) is 2.21. The van der Waals surface area contributed by atoms with E-state index in [4.69, 9.17) is 16.0 Å². The molecule has 8 heteroatoms. The summed E-state index contributed by atoms with van der Waals surface area (Å²) < 4.78 is 32.0. The Morgan fingerprint density at radius 2 is 2.24 bits per heavy atom. The summed E-state index contributed by atoms with van der Waals surface area (Å²) in [6.07, 6.45) is 2.42. The SMILES string of the molecule is CC1CC1c1ccc(CN(C)S(=O)(=O)c2cnc(Cl)s2)o1. The van der Waals surface area contributed by atoms with Gasteiger partial charge in [-0.1, -0.05) is 29.9 Å². The number of hydrogen-bond donors (Lipinski definition) is 0. The Balaban J connectivity index is 1.73. The molecule has 1 fully saturated rings. The second kappa shape index (κ2) is 5.39. The number of sulfonamides is 1. The molecule has 0 N–H and O–H groups in total. The molecule has 2 unspecified atom stereocenters. The zero-order valence-corrected chi connectivity index (χ0v) is 14.0. The van der Waals surface area contributed by atoms with Crippen LogP contribution in [0.1, 0.15) is 30.8 Å². The Morgan fingerprint density at radius 1 is 1.52 bits per heavy atom. The average Bonchev–Trinajstić information content (AvgIpc) is 2.82. The molecule has 0 aromatic carbocycles. The van der Waals surface area contributed by atoms with Crippen molar-refractivity contribution < 1.29 is 12.8 Å². The maximum atomic E-state index is 12.4. The highest BCUT2D eigenvalue weighted by atomic mass is 35.5. The first-order chi connectivity index (χ1) is 9.88. The van der Waals surface area contributed by atoms with Gasteiger partial charge >= 0.3 is 0 Å². The molecule has 2 atom stereocenters. The van der Waals surface area contributed by atoms with Gasteiger partial charge in [0.1, 0.15) is 11.5 Å². The summed E-state index contributed by atoms with van der Waals surface area (Å²) in [5.41, 5.74) is 0. The smallest absolute Gasteiger partial charge is 0.254 e. The molecule has 21 heavy (non-hydrogen) atoms. The van der Waals surface area contributed by atoms with Crippen molar-refractivity contribution in [2.24, 2.45) is 5.92 Å². The van der Waals surface area contributed by atoms with Gasteiger partial charge in [-0.3, -0.25) is 0 Å². The summed E-state index contributed by atoms with van der Waals surface area (Å²) in [5.74, 6) is 2.74. The molecule has 1 saturated carbocycles. The third kappa shape index (κ3) is 3.01. The highest BCUT2D eigenvalue weighted by Gasteiger charge is 2.36. The summed E-state index contributed by atoms with van der Waals surface area (Å²) in [6, 6.07) is 3.78. The molecule has 0 bridgehead atoms. The lowest BCUT2D eigenvalue weighted by atomic mass is 10.3. The number of halogens is 1. The molecule has 0 saturated heterocycles. The van der Waals surface area contributed by atoms with Gasteiger partial charge in [0.25, 0.3) is 10.0 Å². The summed E-state index contributed by atoms with van der Waals surface area (Å²) >= 11 is 6.64. The van der Waals surface area contributed by atoms with E-state index in [0.717, 1.165) is 23.5 Å². The number of rotatable bonds is 5. The van der Waals surface area contributed by atoms with Crippen molar-refractivity contribution in [1.29, 1.82) is 0 Å². The first kappa shape index (κ1) is 15.0. The molecule has 0 aliphatic heterocycles. The van der Waals surface area contributed by atoms with E-state index in [1.807, 2.05) is 12.1 Å². The van der Waals surface area contributed by atoms with Gasteiger partial charge in [0.2, 0.25) is 0 Å². The number of aromatic nitrogens is 1. The van der Waals surface area contributed by atoms with E-state index in [2.05, 4.69) is 11.9 Å². The molecule has 1 aliphatic rings. The van der Waals surface area contributed by atoms with E-state index in [0.29, 0.717) is 17.6 Å². The number of nitrogens with zero attached hydrogens (tertiary/aromatic N) is 2. The predicted molar refractivity (Wildman–Crippen MR) is 81.0 cm³/mol. The van der Waals surface area contributed by atoms with E-state index in [-0.39, 0.29) is 15.2 Å². The summed E-state index contributed by atoms with van der Waals surface area (Å²) in [6.45, 7) is 2.37. The van der Waals surface area contributed by atoms with Gasteiger partial charge in [-0.05, 0) is 24.5 Å². The minimum atomic E-state index is -3.58. The molecule has 1 aliphatic carbocycles. The van der Waals surface area contributed by atoms with Gasteiger partial charge < -0.3 is 4.42 Å². The van der Waals surface area contributed by atoms with Crippen LogP contribution in [0.3, 0.4) is 0 Å². The van der Waals surface area contributed by atoms with Crippen molar-refractivity contribution in [3.05, 3.63) is 34.3 Å². The third-order valence-electron chi connectivity index (χ3n) is 3.66. The zero-order chi connectivity index (χ0) is 15.2. The van der Waals surface area contributed by atoms with Crippen molar-refractivity contribution in [1.82, 2.24) is 9.29 Å². The normalized spacial score (nSPS) is 21.9. The van der Waals surface area contributed by atoms with E-state index in [9.17, 15) is 8.42 Å². The summed E-state index contributed by atoms with van der Waals surface area (Å²) in [4.78, 5) is 3.77. The van der Waals surface area contributed by atoms with Crippen LogP contribution in [-0.2, 0) is 16.6 Å². The molecule has 0 spiro atoms. The topological polar surface area (TPSA) is 63.4 Å². The van der Waals surface area contributed by atoms with Crippen molar-refractivity contribution in [2.75, 3.05) is 7.05 Å². The fourth-order valence-corrected chi connectivity index (χ4v) is 4.86. The second-order valence-corrected chi connectivity index (χ2v) is 9.20. The number of furan rings is 1. The van der Waals surface area contributed by atoms with Gasteiger partial charge in [0, 0.05) is 13.0 Å². The summed E-state index contributed by atoms with van der Waals surface area (Å²) in [7, 11) is -2.06. The minimum absolute atomic E-state index is 0.137. The minimum Gasteiger partial charge on any atom is -0.464 e. The Morgan fingerprint density at radius 3 is 2.81 bits per heavy atom. The first-order valence-electron chi connectivity index (χ1n) is 6.54. The van der Waals surface area contributed by atoms with Crippen LogP contribution < -0.4 is 0 Å². The van der Waals surface area contributed by atoms with Crippen molar-refractivity contribution in [2.45, 2.75) is 30.0 Å². The molecular weight excluding hydrogens is 332 g/mol. The molecule has 2 aromatic heterocycles. The lowest BCUT2D eigenvalue weighted by Gasteiger charge is -2.13. The van der Waals surface area contributed by atoms with Crippen LogP contribution in [0.25, 0.3) is 0 Å². The Kier molecular flexibility index (Phi) is 3.85.